The van der Waals surface area contributed by atoms with E-state index in [2.05, 4.69) is 54.1 Å². The lowest BCUT2D eigenvalue weighted by atomic mass is 9.54. The fraction of sp³-hybridized carbons (Fsp3) is 0.571. The highest BCUT2D eigenvalue weighted by Crippen LogP contribution is 2.69. The van der Waals surface area contributed by atoms with Crippen molar-refractivity contribution < 1.29 is 9.53 Å². The minimum absolute atomic E-state index is 0.0257. The minimum atomic E-state index is -0.154. The molecule has 1 aliphatic carbocycles. The maximum absolute atomic E-state index is 13.1. The standard InChI is InChI=1S/C21H26N2O2/c1-4-14-13-23-12-11-20-16-7-5-6-8-17(16)22(2)21(20,23)10-9-15(14)18(20)19(24)25-3/h4-8,15,18H,9-13H2,1-3H3/b14-4-/t15-,18-,20-,21-/m0/s1. The summed E-state index contributed by atoms with van der Waals surface area (Å²) in [5.74, 6) is 0.189. The van der Waals surface area contributed by atoms with Gasteiger partial charge in [0.2, 0.25) is 0 Å². The number of allylic oxidation sites excluding steroid dienone is 1. The van der Waals surface area contributed by atoms with Crippen molar-refractivity contribution in [2.75, 3.05) is 32.1 Å². The van der Waals surface area contributed by atoms with E-state index in [0.29, 0.717) is 5.92 Å². The van der Waals surface area contributed by atoms with E-state index in [9.17, 15) is 4.79 Å². The topological polar surface area (TPSA) is 32.8 Å². The molecule has 0 N–H and O–H groups in total. The number of likely N-dealkylation sites (N-methyl/N-ethyl adjacent to an activating group) is 1. The largest absolute Gasteiger partial charge is 0.469 e. The average Bonchev–Trinajstić information content (AvgIpc) is 2.98. The van der Waals surface area contributed by atoms with Gasteiger partial charge in [0.1, 0.15) is 5.66 Å². The summed E-state index contributed by atoms with van der Waals surface area (Å²) in [7, 11) is 3.78. The molecule has 1 unspecified atom stereocenters. The number of hydrogen-bond donors (Lipinski definition) is 0. The quantitative estimate of drug-likeness (QED) is 0.582. The van der Waals surface area contributed by atoms with E-state index >= 15 is 0 Å². The number of benzene rings is 1. The molecule has 0 radical (unpaired) electrons. The lowest BCUT2D eigenvalue weighted by molar-refractivity contribution is -0.154. The SMILES string of the molecule is C/C=C1/CN2CC[C@@]34c5ccccc5N(C)[C@@]23CC[C@@H]1[C@H]4C(=O)OC. The monoisotopic (exact) mass is 338 g/mol. The average molecular weight is 338 g/mol. The Morgan fingerprint density at radius 1 is 1.32 bits per heavy atom. The van der Waals surface area contributed by atoms with E-state index in [1.807, 2.05) is 0 Å². The van der Waals surface area contributed by atoms with E-state index in [4.69, 9.17) is 4.74 Å². The molecule has 1 spiro atoms. The highest BCUT2D eigenvalue weighted by Gasteiger charge is 2.75. The van der Waals surface area contributed by atoms with E-state index in [1.165, 1.54) is 16.8 Å². The predicted molar refractivity (Wildman–Crippen MR) is 97.4 cm³/mol. The van der Waals surface area contributed by atoms with E-state index in [-0.39, 0.29) is 23.0 Å². The van der Waals surface area contributed by atoms with Gasteiger partial charge in [0, 0.05) is 31.2 Å². The second kappa shape index (κ2) is 4.88. The molecule has 1 saturated carbocycles. The Morgan fingerprint density at radius 3 is 2.88 bits per heavy atom. The van der Waals surface area contributed by atoms with Gasteiger partial charge in [0.25, 0.3) is 0 Å². The molecule has 5 atom stereocenters. The smallest absolute Gasteiger partial charge is 0.310 e. The Hall–Kier alpha value is -1.81. The van der Waals surface area contributed by atoms with Crippen LogP contribution in [0.3, 0.4) is 0 Å². The molecule has 132 valence electrons. The highest BCUT2D eigenvalue weighted by atomic mass is 16.5. The van der Waals surface area contributed by atoms with Crippen molar-refractivity contribution in [1.29, 1.82) is 0 Å². The summed E-state index contributed by atoms with van der Waals surface area (Å²) in [5.41, 5.74) is 3.84. The van der Waals surface area contributed by atoms with Gasteiger partial charge in [0.05, 0.1) is 13.0 Å². The van der Waals surface area contributed by atoms with Gasteiger partial charge >= 0.3 is 5.97 Å². The van der Waals surface area contributed by atoms with Gasteiger partial charge in [0.15, 0.2) is 0 Å². The van der Waals surface area contributed by atoms with Gasteiger partial charge < -0.3 is 9.64 Å². The van der Waals surface area contributed by atoms with Crippen molar-refractivity contribution in [3.05, 3.63) is 41.5 Å². The fourth-order valence-corrected chi connectivity index (χ4v) is 6.92. The van der Waals surface area contributed by atoms with Gasteiger partial charge in [-0.3, -0.25) is 9.69 Å². The van der Waals surface area contributed by atoms with Crippen molar-refractivity contribution in [3.8, 4) is 0 Å². The number of methoxy groups -OCH3 is 1. The third-order valence-corrected chi connectivity index (χ3v) is 7.73. The van der Waals surface area contributed by atoms with Gasteiger partial charge in [-0.15, -0.1) is 0 Å². The van der Waals surface area contributed by atoms with Gasteiger partial charge in [-0.2, -0.15) is 0 Å². The van der Waals surface area contributed by atoms with Crippen LogP contribution in [0.1, 0.15) is 31.7 Å². The molecule has 0 amide bonds. The Kier molecular flexibility index (Phi) is 3.01. The van der Waals surface area contributed by atoms with Gasteiger partial charge in [-0.25, -0.2) is 0 Å². The lowest BCUT2D eigenvalue weighted by Crippen LogP contribution is -2.66. The van der Waals surface area contributed by atoms with Gasteiger partial charge in [-0.1, -0.05) is 29.8 Å². The summed E-state index contributed by atoms with van der Waals surface area (Å²) in [6.45, 7) is 4.16. The molecule has 0 aromatic heterocycles. The first-order chi connectivity index (χ1) is 12.1. The number of esters is 1. The molecular weight excluding hydrogens is 312 g/mol. The third kappa shape index (κ3) is 1.48. The molecule has 3 saturated heterocycles. The van der Waals surface area contributed by atoms with Crippen LogP contribution < -0.4 is 4.90 Å². The van der Waals surface area contributed by atoms with E-state index in [0.717, 1.165) is 32.4 Å². The number of ether oxygens (including phenoxy) is 1. The molecule has 4 bridgehead atoms. The van der Waals surface area contributed by atoms with Crippen LogP contribution >= 0.6 is 0 Å². The summed E-state index contributed by atoms with van der Waals surface area (Å²) in [4.78, 5) is 18.3. The summed E-state index contributed by atoms with van der Waals surface area (Å²) < 4.78 is 5.39. The molecule has 4 heteroatoms. The van der Waals surface area contributed by atoms with Crippen LogP contribution in [0.25, 0.3) is 0 Å². The van der Waals surface area contributed by atoms with E-state index < -0.39 is 0 Å². The van der Waals surface area contributed by atoms with Crippen molar-refractivity contribution in [3.63, 3.8) is 0 Å². The zero-order valence-electron chi connectivity index (χ0n) is 15.3. The number of nitrogens with zero attached hydrogens (tertiary/aromatic N) is 2. The maximum atomic E-state index is 13.1. The fourth-order valence-electron chi connectivity index (χ4n) is 6.92. The van der Waals surface area contributed by atoms with Crippen molar-refractivity contribution in [1.82, 2.24) is 4.90 Å². The minimum Gasteiger partial charge on any atom is -0.469 e. The Labute approximate surface area is 149 Å². The highest BCUT2D eigenvalue weighted by molar-refractivity contribution is 5.81. The van der Waals surface area contributed by atoms with Crippen molar-refractivity contribution in [2.24, 2.45) is 11.8 Å². The molecule has 1 aromatic rings. The van der Waals surface area contributed by atoms with Crippen LogP contribution in [-0.2, 0) is 14.9 Å². The summed E-state index contributed by atoms with van der Waals surface area (Å²) >= 11 is 0. The number of rotatable bonds is 1. The second-order valence-electron chi connectivity index (χ2n) is 8.05. The maximum Gasteiger partial charge on any atom is 0.310 e. The van der Waals surface area contributed by atoms with Crippen LogP contribution in [0.5, 0.6) is 0 Å². The summed E-state index contributed by atoms with van der Waals surface area (Å²) in [5, 5.41) is 0. The van der Waals surface area contributed by atoms with Crippen LogP contribution in [0.4, 0.5) is 5.69 Å². The molecular formula is C21H26N2O2. The Morgan fingerprint density at radius 2 is 2.12 bits per heavy atom. The first-order valence-electron chi connectivity index (χ1n) is 9.43. The summed E-state index contributed by atoms with van der Waals surface area (Å²) in [6.07, 6.45) is 5.48. The third-order valence-electron chi connectivity index (χ3n) is 7.73. The van der Waals surface area contributed by atoms with Crippen LogP contribution in [-0.4, -0.2) is 43.8 Å². The molecule has 6 rings (SSSR count). The Bertz CT molecular complexity index is 788. The number of fused-ring (bicyclic) bond motifs is 3. The summed E-state index contributed by atoms with van der Waals surface area (Å²) in [6, 6.07) is 8.73. The first kappa shape index (κ1) is 15.4. The molecule has 5 aliphatic rings. The predicted octanol–water partition coefficient (Wildman–Crippen LogP) is 2.94. The Balaban J connectivity index is 1.85. The van der Waals surface area contributed by atoms with Crippen LogP contribution in [0, 0.1) is 11.8 Å². The number of carbonyl (C=O) groups is 1. The number of para-hydroxylation sites is 1. The van der Waals surface area contributed by atoms with Crippen LogP contribution in [0.2, 0.25) is 0 Å². The molecule has 4 heterocycles. The molecule has 4 aliphatic heterocycles. The van der Waals surface area contributed by atoms with E-state index in [1.54, 1.807) is 7.11 Å². The molecule has 1 aromatic carbocycles. The zero-order valence-corrected chi connectivity index (χ0v) is 15.3. The van der Waals surface area contributed by atoms with Crippen molar-refractivity contribution >= 4 is 11.7 Å². The second-order valence-corrected chi connectivity index (χ2v) is 8.05. The molecule has 4 nitrogen and oxygen atoms in total. The first-order valence-corrected chi connectivity index (χ1v) is 9.43. The number of carbonyl (C=O) groups excluding carboxylic acids is 1. The normalized spacial score (nSPS) is 42.3. The van der Waals surface area contributed by atoms with Gasteiger partial charge in [-0.05, 0) is 43.7 Å². The zero-order chi connectivity index (χ0) is 17.4. The van der Waals surface area contributed by atoms with Crippen LogP contribution in [0.15, 0.2) is 35.9 Å². The lowest BCUT2D eigenvalue weighted by Gasteiger charge is -2.54. The molecule has 4 fully saturated rings. The number of anilines is 1. The number of hydrogen-bond acceptors (Lipinski definition) is 4. The molecule has 25 heavy (non-hydrogen) atoms. The van der Waals surface area contributed by atoms with Crippen molar-refractivity contribution in [2.45, 2.75) is 37.3 Å².